The van der Waals surface area contributed by atoms with Gasteiger partial charge in [-0.25, -0.2) is 0 Å². The van der Waals surface area contributed by atoms with Crippen LogP contribution in [0.5, 0.6) is 0 Å². The van der Waals surface area contributed by atoms with Crippen molar-refractivity contribution < 1.29 is 5.11 Å². The lowest BCUT2D eigenvalue weighted by Crippen LogP contribution is -1.94. The van der Waals surface area contributed by atoms with Gasteiger partial charge < -0.3 is 5.11 Å². The number of aliphatic hydroxyl groups is 1. The fraction of sp³-hybridized carbons (Fsp3) is 0.125. The van der Waals surface area contributed by atoms with E-state index in [-0.39, 0.29) is 5.05 Å². The lowest BCUT2D eigenvalue weighted by Gasteiger charge is -2.00. The predicted molar refractivity (Wildman–Crippen MR) is 53.2 cm³/mol. The summed E-state index contributed by atoms with van der Waals surface area (Å²) in [6.07, 6.45) is 0. The van der Waals surface area contributed by atoms with Crippen LogP contribution >= 0.6 is 28.1 Å². The lowest BCUT2D eigenvalue weighted by atomic mass is 10.1. The topological polar surface area (TPSA) is 20.2 Å². The molecule has 0 spiro atoms. The van der Waals surface area contributed by atoms with Gasteiger partial charge >= 0.3 is 0 Å². The Bertz CT molecular complexity index is 296. The molecule has 0 fully saturated rings. The maximum absolute atomic E-state index is 8.96. The molecule has 0 aliphatic carbocycles. The Morgan fingerprint density at radius 2 is 2.18 bits per heavy atom. The zero-order valence-electron chi connectivity index (χ0n) is 5.97. The lowest BCUT2D eigenvalue weighted by molar-refractivity contribution is 0.571. The van der Waals surface area contributed by atoms with Crippen LogP contribution in [0.4, 0.5) is 0 Å². The van der Waals surface area contributed by atoms with Gasteiger partial charge in [-0.1, -0.05) is 15.9 Å². The number of rotatable bonds is 1. The Balaban J connectivity index is 3.15. The van der Waals surface area contributed by atoms with Gasteiger partial charge in [0.25, 0.3) is 0 Å². The van der Waals surface area contributed by atoms with Crippen LogP contribution < -0.4 is 0 Å². The third-order valence-corrected chi connectivity index (χ3v) is 2.53. The minimum Gasteiger partial charge on any atom is -0.499 e. The molecular weight excluding hydrogens is 224 g/mol. The van der Waals surface area contributed by atoms with Crippen LogP contribution in [-0.4, -0.2) is 10.2 Å². The molecule has 58 valence electrons. The maximum Gasteiger partial charge on any atom is 0.188 e. The summed E-state index contributed by atoms with van der Waals surface area (Å²) in [5.41, 5.74) is 1.76. The van der Waals surface area contributed by atoms with E-state index < -0.39 is 0 Å². The highest BCUT2D eigenvalue weighted by Gasteiger charge is 1.99. The molecule has 1 nitrogen and oxygen atoms in total. The summed E-state index contributed by atoms with van der Waals surface area (Å²) in [7, 11) is 0. The molecule has 0 aromatic heterocycles. The summed E-state index contributed by atoms with van der Waals surface area (Å²) < 4.78 is 1.03. The molecule has 11 heavy (non-hydrogen) atoms. The van der Waals surface area contributed by atoms with E-state index in [9.17, 15) is 0 Å². The third kappa shape index (κ3) is 2.01. The number of aliphatic hydroxyl groups excluding tert-OH is 1. The highest BCUT2D eigenvalue weighted by atomic mass is 79.9. The summed E-state index contributed by atoms with van der Waals surface area (Å²) in [6, 6.07) is 5.49. The van der Waals surface area contributed by atoms with E-state index in [2.05, 4.69) is 28.1 Å². The second kappa shape index (κ2) is 3.32. The second-order valence-corrected chi connectivity index (χ2v) is 3.51. The van der Waals surface area contributed by atoms with Crippen molar-refractivity contribution in [1.82, 2.24) is 0 Å². The Morgan fingerprint density at radius 1 is 1.55 bits per heavy atom. The molecule has 0 aliphatic heterocycles. The minimum atomic E-state index is -0.0550. The molecule has 0 heterocycles. The second-order valence-electron chi connectivity index (χ2n) is 2.27. The predicted octanol–water partition coefficient (Wildman–Crippen LogP) is 2.99. The number of hydrogen-bond acceptors (Lipinski definition) is 1. The number of aryl methyl sites for hydroxylation is 1. The SMILES string of the molecule is Cc1cc(C(O)=S)ccc1Br. The molecule has 1 aromatic carbocycles. The molecular formula is C8H7BrOS. The summed E-state index contributed by atoms with van der Waals surface area (Å²) in [5, 5.41) is 8.90. The van der Waals surface area contributed by atoms with Gasteiger partial charge in [0, 0.05) is 10.0 Å². The summed E-state index contributed by atoms with van der Waals surface area (Å²) in [5.74, 6) is 0. The van der Waals surface area contributed by atoms with Crippen molar-refractivity contribution in [3.05, 3.63) is 33.8 Å². The molecule has 0 unspecified atom stereocenters. The summed E-state index contributed by atoms with van der Waals surface area (Å²) in [6.45, 7) is 1.95. The van der Waals surface area contributed by atoms with Crippen molar-refractivity contribution >= 4 is 33.2 Å². The molecule has 0 amide bonds. The molecule has 3 heteroatoms. The van der Waals surface area contributed by atoms with Crippen LogP contribution in [0, 0.1) is 6.92 Å². The molecule has 0 saturated carbocycles. The van der Waals surface area contributed by atoms with Crippen LogP contribution in [0.3, 0.4) is 0 Å². The van der Waals surface area contributed by atoms with Crippen LogP contribution in [0.2, 0.25) is 0 Å². The van der Waals surface area contributed by atoms with Gasteiger partial charge in [0.1, 0.15) is 0 Å². The molecule has 0 radical (unpaired) electrons. The van der Waals surface area contributed by atoms with Crippen LogP contribution in [0.25, 0.3) is 0 Å². The Morgan fingerprint density at radius 3 is 2.64 bits per heavy atom. The van der Waals surface area contributed by atoms with Gasteiger partial charge in [0.15, 0.2) is 5.05 Å². The van der Waals surface area contributed by atoms with Crippen molar-refractivity contribution in [1.29, 1.82) is 0 Å². The van der Waals surface area contributed by atoms with Crippen molar-refractivity contribution in [2.45, 2.75) is 6.92 Å². The number of halogens is 1. The highest BCUT2D eigenvalue weighted by molar-refractivity contribution is 9.10. The van der Waals surface area contributed by atoms with E-state index in [1.165, 1.54) is 0 Å². The van der Waals surface area contributed by atoms with Crippen molar-refractivity contribution in [3.63, 3.8) is 0 Å². The highest BCUT2D eigenvalue weighted by Crippen LogP contribution is 2.16. The maximum atomic E-state index is 8.96. The molecule has 1 rings (SSSR count). The molecule has 0 saturated heterocycles. The van der Waals surface area contributed by atoms with Gasteiger partial charge in [0.05, 0.1) is 0 Å². The first kappa shape index (κ1) is 8.68. The molecule has 1 aromatic rings. The van der Waals surface area contributed by atoms with E-state index in [1.807, 2.05) is 19.1 Å². The summed E-state index contributed by atoms with van der Waals surface area (Å²) in [4.78, 5) is 0. The molecule has 0 atom stereocenters. The first-order chi connectivity index (χ1) is 5.11. The number of thiocarbonyl (C=S) groups is 1. The fourth-order valence-electron chi connectivity index (χ4n) is 0.778. The van der Waals surface area contributed by atoms with Crippen LogP contribution in [0.15, 0.2) is 22.7 Å². The van der Waals surface area contributed by atoms with Crippen molar-refractivity contribution in [3.8, 4) is 0 Å². The minimum absolute atomic E-state index is 0.0550. The van der Waals surface area contributed by atoms with Gasteiger partial charge in [0.2, 0.25) is 0 Å². The van der Waals surface area contributed by atoms with Gasteiger partial charge in [-0.05, 0) is 42.9 Å². The normalized spacial score (nSPS) is 9.64. The van der Waals surface area contributed by atoms with E-state index >= 15 is 0 Å². The first-order valence-corrected chi connectivity index (χ1v) is 4.31. The Kier molecular flexibility index (Phi) is 2.62. The Hall–Kier alpha value is -0.410. The zero-order chi connectivity index (χ0) is 8.43. The largest absolute Gasteiger partial charge is 0.499 e. The average Bonchev–Trinajstić information content (AvgIpc) is 1.94. The molecule has 1 N–H and O–H groups in total. The van der Waals surface area contributed by atoms with Gasteiger partial charge in [-0.3, -0.25) is 0 Å². The summed E-state index contributed by atoms with van der Waals surface area (Å²) >= 11 is 7.96. The van der Waals surface area contributed by atoms with Crippen molar-refractivity contribution in [2.75, 3.05) is 0 Å². The number of hydrogen-bond donors (Lipinski definition) is 1. The van der Waals surface area contributed by atoms with Gasteiger partial charge in [-0.15, -0.1) is 0 Å². The van der Waals surface area contributed by atoms with Gasteiger partial charge in [-0.2, -0.15) is 0 Å². The standard InChI is InChI=1S/C8H7BrOS/c1-5-4-6(8(10)11)2-3-7(5)9/h2-4H,1H3,(H,10,11). The Labute approximate surface area is 79.2 Å². The zero-order valence-corrected chi connectivity index (χ0v) is 8.37. The van der Waals surface area contributed by atoms with Crippen LogP contribution in [-0.2, 0) is 0 Å². The number of benzene rings is 1. The molecule has 0 bridgehead atoms. The third-order valence-electron chi connectivity index (χ3n) is 1.40. The first-order valence-electron chi connectivity index (χ1n) is 3.10. The van der Waals surface area contributed by atoms with E-state index in [0.29, 0.717) is 5.56 Å². The quantitative estimate of drug-likeness (QED) is 0.749. The monoisotopic (exact) mass is 230 g/mol. The van der Waals surface area contributed by atoms with Crippen molar-refractivity contribution in [2.24, 2.45) is 0 Å². The average molecular weight is 231 g/mol. The van der Waals surface area contributed by atoms with E-state index in [0.717, 1.165) is 10.0 Å². The molecule has 0 aliphatic rings. The smallest absolute Gasteiger partial charge is 0.188 e. The van der Waals surface area contributed by atoms with Crippen LogP contribution in [0.1, 0.15) is 11.1 Å². The van der Waals surface area contributed by atoms with E-state index in [1.54, 1.807) is 6.07 Å². The fourth-order valence-corrected chi connectivity index (χ4v) is 1.15. The van der Waals surface area contributed by atoms with E-state index in [4.69, 9.17) is 5.11 Å².